The highest BCUT2D eigenvalue weighted by Crippen LogP contribution is 2.06. The van der Waals surface area contributed by atoms with E-state index in [1.807, 2.05) is 0 Å². The Morgan fingerprint density at radius 1 is 1.60 bits per heavy atom. The summed E-state index contributed by atoms with van der Waals surface area (Å²) in [6.45, 7) is 3.47. The quantitative estimate of drug-likeness (QED) is 0.783. The van der Waals surface area contributed by atoms with Gasteiger partial charge in [-0.2, -0.15) is 0 Å². The molecule has 5 heteroatoms. The maximum atomic E-state index is 11.5. The van der Waals surface area contributed by atoms with Crippen LogP contribution in [0, 0.1) is 6.92 Å². The normalized spacial score (nSPS) is 12.1. The Hall–Kier alpha value is -1.78. The first-order chi connectivity index (χ1) is 7.04. The summed E-state index contributed by atoms with van der Waals surface area (Å²) in [5.74, 6) is -1.42. The molecule has 0 aromatic carbocycles. The molecular weight excluding hydrogens is 198 g/mol. The first kappa shape index (κ1) is 11.3. The number of aryl methyl sites for hydroxylation is 1. The molecule has 1 atom stereocenters. The SMILES string of the molecule is CCC(NC(=O)c1cc(C)co1)C(=O)O. The lowest BCUT2D eigenvalue weighted by Crippen LogP contribution is -2.40. The van der Waals surface area contributed by atoms with E-state index in [1.165, 1.54) is 6.26 Å². The fraction of sp³-hybridized carbons (Fsp3) is 0.400. The Morgan fingerprint density at radius 2 is 2.27 bits per heavy atom. The van der Waals surface area contributed by atoms with Crippen molar-refractivity contribution in [2.24, 2.45) is 0 Å². The molecule has 0 aliphatic heterocycles. The van der Waals surface area contributed by atoms with E-state index >= 15 is 0 Å². The average Bonchev–Trinajstić information content (AvgIpc) is 2.60. The van der Waals surface area contributed by atoms with Crippen molar-refractivity contribution < 1.29 is 19.1 Å². The number of hydrogen-bond acceptors (Lipinski definition) is 3. The van der Waals surface area contributed by atoms with Gasteiger partial charge in [0, 0.05) is 0 Å². The zero-order chi connectivity index (χ0) is 11.4. The van der Waals surface area contributed by atoms with Gasteiger partial charge < -0.3 is 14.8 Å². The molecular formula is C10H13NO4. The third-order valence-corrected chi connectivity index (χ3v) is 1.97. The van der Waals surface area contributed by atoms with Crippen LogP contribution in [0.15, 0.2) is 16.7 Å². The molecule has 0 saturated heterocycles. The molecule has 5 nitrogen and oxygen atoms in total. The lowest BCUT2D eigenvalue weighted by Gasteiger charge is -2.10. The molecule has 82 valence electrons. The van der Waals surface area contributed by atoms with Gasteiger partial charge in [0.15, 0.2) is 5.76 Å². The van der Waals surface area contributed by atoms with Gasteiger partial charge in [-0.25, -0.2) is 4.79 Å². The fourth-order valence-corrected chi connectivity index (χ4v) is 1.12. The van der Waals surface area contributed by atoms with Gasteiger partial charge in [0.25, 0.3) is 5.91 Å². The minimum Gasteiger partial charge on any atom is -0.480 e. The van der Waals surface area contributed by atoms with E-state index in [0.717, 1.165) is 5.56 Å². The van der Waals surface area contributed by atoms with Gasteiger partial charge in [0.2, 0.25) is 0 Å². The van der Waals surface area contributed by atoms with Gasteiger partial charge in [0.05, 0.1) is 6.26 Å². The third-order valence-electron chi connectivity index (χ3n) is 1.97. The van der Waals surface area contributed by atoms with Crippen molar-refractivity contribution in [3.63, 3.8) is 0 Å². The van der Waals surface area contributed by atoms with Crippen LogP contribution < -0.4 is 5.32 Å². The van der Waals surface area contributed by atoms with Crippen molar-refractivity contribution in [3.8, 4) is 0 Å². The smallest absolute Gasteiger partial charge is 0.326 e. The second kappa shape index (κ2) is 4.63. The van der Waals surface area contributed by atoms with Gasteiger partial charge in [0.1, 0.15) is 6.04 Å². The van der Waals surface area contributed by atoms with Crippen LogP contribution >= 0.6 is 0 Å². The number of amides is 1. The van der Waals surface area contributed by atoms with E-state index in [4.69, 9.17) is 9.52 Å². The Labute approximate surface area is 87.1 Å². The van der Waals surface area contributed by atoms with Gasteiger partial charge in [-0.1, -0.05) is 6.92 Å². The molecule has 0 bridgehead atoms. The molecule has 0 aliphatic rings. The van der Waals surface area contributed by atoms with Crippen molar-refractivity contribution in [2.45, 2.75) is 26.3 Å². The van der Waals surface area contributed by atoms with E-state index in [0.29, 0.717) is 6.42 Å². The lowest BCUT2D eigenvalue weighted by molar-refractivity contribution is -0.139. The summed E-state index contributed by atoms with van der Waals surface area (Å²) in [5, 5.41) is 11.1. The number of carboxylic acids is 1. The maximum Gasteiger partial charge on any atom is 0.326 e. The van der Waals surface area contributed by atoms with Gasteiger partial charge >= 0.3 is 5.97 Å². The maximum absolute atomic E-state index is 11.5. The summed E-state index contributed by atoms with van der Waals surface area (Å²) in [7, 11) is 0. The molecule has 1 aromatic rings. The van der Waals surface area contributed by atoms with Crippen molar-refractivity contribution in [1.82, 2.24) is 5.32 Å². The first-order valence-corrected chi connectivity index (χ1v) is 4.63. The van der Waals surface area contributed by atoms with E-state index in [9.17, 15) is 9.59 Å². The van der Waals surface area contributed by atoms with Crippen LogP contribution in [0.25, 0.3) is 0 Å². The third kappa shape index (κ3) is 2.83. The number of rotatable bonds is 4. The summed E-state index contributed by atoms with van der Waals surface area (Å²) in [6.07, 6.45) is 1.78. The minimum absolute atomic E-state index is 0.132. The second-order valence-corrected chi connectivity index (χ2v) is 3.26. The number of hydrogen-bond donors (Lipinski definition) is 2. The van der Waals surface area contributed by atoms with Crippen molar-refractivity contribution >= 4 is 11.9 Å². The molecule has 15 heavy (non-hydrogen) atoms. The van der Waals surface area contributed by atoms with Crippen molar-refractivity contribution in [3.05, 3.63) is 23.7 Å². The molecule has 1 rings (SSSR count). The fourth-order valence-electron chi connectivity index (χ4n) is 1.12. The highest BCUT2D eigenvalue weighted by atomic mass is 16.4. The first-order valence-electron chi connectivity index (χ1n) is 4.63. The highest BCUT2D eigenvalue weighted by Gasteiger charge is 2.19. The molecule has 0 aliphatic carbocycles. The standard InChI is InChI=1S/C10H13NO4/c1-3-7(10(13)14)11-9(12)8-4-6(2)5-15-8/h4-5,7H,3H2,1-2H3,(H,11,12)(H,13,14). The molecule has 1 amide bonds. The Morgan fingerprint density at radius 3 is 2.67 bits per heavy atom. The predicted octanol–water partition coefficient (Wildman–Crippen LogP) is 1.18. The number of aliphatic carboxylic acids is 1. The monoisotopic (exact) mass is 211 g/mol. The highest BCUT2D eigenvalue weighted by molar-refractivity contribution is 5.94. The van der Waals surface area contributed by atoms with Crippen LogP contribution in [0.4, 0.5) is 0 Å². The number of carboxylic acid groups (broad SMARTS) is 1. The lowest BCUT2D eigenvalue weighted by atomic mass is 10.2. The molecule has 1 aromatic heterocycles. The second-order valence-electron chi connectivity index (χ2n) is 3.26. The van der Waals surface area contributed by atoms with Crippen molar-refractivity contribution in [1.29, 1.82) is 0 Å². The average molecular weight is 211 g/mol. The summed E-state index contributed by atoms with van der Waals surface area (Å²) in [4.78, 5) is 22.1. The summed E-state index contributed by atoms with van der Waals surface area (Å²) >= 11 is 0. The number of carbonyl (C=O) groups is 2. The molecule has 0 fully saturated rings. The van der Waals surface area contributed by atoms with Gasteiger partial charge in [-0.05, 0) is 25.0 Å². The minimum atomic E-state index is -1.05. The van der Waals surface area contributed by atoms with E-state index < -0.39 is 17.9 Å². The van der Waals surface area contributed by atoms with Crippen LogP contribution in [0.2, 0.25) is 0 Å². The van der Waals surface area contributed by atoms with E-state index in [-0.39, 0.29) is 5.76 Å². The van der Waals surface area contributed by atoms with Gasteiger partial charge in [-0.3, -0.25) is 4.79 Å². The van der Waals surface area contributed by atoms with Gasteiger partial charge in [-0.15, -0.1) is 0 Å². The number of furan rings is 1. The Bertz CT molecular complexity index is 369. The van der Waals surface area contributed by atoms with Crippen LogP contribution in [0.3, 0.4) is 0 Å². The molecule has 0 spiro atoms. The molecule has 1 heterocycles. The zero-order valence-corrected chi connectivity index (χ0v) is 8.61. The molecule has 0 saturated carbocycles. The van der Waals surface area contributed by atoms with E-state index in [1.54, 1.807) is 19.9 Å². The topological polar surface area (TPSA) is 79.5 Å². The Balaban J connectivity index is 2.66. The summed E-state index contributed by atoms with van der Waals surface area (Å²) < 4.78 is 4.95. The largest absolute Gasteiger partial charge is 0.480 e. The van der Waals surface area contributed by atoms with E-state index in [2.05, 4.69) is 5.32 Å². The molecule has 1 unspecified atom stereocenters. The summed E-state index contributed by atoms with van der Waals surface area (Å²) in [6, 6.07) is 0.687. The Kier molecular flexibility index (Phi) is 3.49. The van der Waals surface area contributed by atoms with Crippen molar-refractivity contribution in [2.75, 3.05) is 0 Å². The number of carbonyl (C=O) groups excluding carboxylic acids is 1. The predicted molar refractivity (Wildman–Crippen MR) is 52.6 cm³/mol. The zero-order valence-electron chi connectivity index (χ0n) is 8.61. The molecule has 2 N–H and O–H groups in total. The van der Waals surface area contributed by atoms with Crippen LogP contribution in [-0.4, -0.2) is 23.0 Å². The summed E-state index contributed by atoms with van der Waals surface area (Å²) in [5.41, 5.74) is 0.823. The van der Waals surface area contributed by atoms with Crippen LogP contribution in [0.5, 0.6) is 0 Å². The van der Waals surface area contributed by atoms with Crippen LogP contribution in [-0.2, 0) is 4.79 Å². The molecule has 0 radical (unpaired) electrons. The number of nitrogens with one attached hydrogen (secondary N) is 1. The van der Waals surface area contributed by atoms with Crippen LogP contribution in [0.1, 0.15) is 29.5 Å².